The van der Waals surface area contributed by atoms with Gasteiger partial charge in [-0.2, -0.15) is 0 Å². The van der Waals surface area contributed by atoms with Gasteiger partial charge in [0.1, 0.15) is 0 Å². The lowest BCUT2D eigenvalue weighted by molar-refractivity contribution is -0.120. The Labute approximate surface area is 171 Å². The van der Waals surface area contributed by atoms with Crippen LogP contribution in [-0.4, -0.2) is 43.0 Å². The highest BCUT2D eigenvalue weighted by molar-refractivity contribution is 6.44. The quantitative estimate of drug-likeness (QED) is 0.795. The number of amides is 1. The SMILES string of the molecule is Cc1cccc(N2CCN(C(C)C(=O)Nc3cccc(Cl)c3Cl)CC2)c1C. The van der Waals surface area contributed by atoms with Gasteiger partial charge in [-0.05, 0) is 50.1 Å². The van der Waals surface area contributed by atoms with Gasteiger partial charge < -0.3 is 10.2 Å². The van der Waals surface area contributed by atoms with Crippen LogP contribution in [0.3, 0.4) is 0 Å². The minimum atomic E-state index is -0.235. The molecule has 2 aromatic carbocycles. The number of hydrogen-bond donors (Lipinski definition) is 1. The lowest BCUT2D eigenvalue weighted by Crippen LogP contribution is -2.53. The molecule has 0 aromatic heterocycles. The van der Waals surface area contributed by atoms with Crippen LogP contribution in [0, 0.1) is 13.8 Å². The van der Waals surface area contributed by atoms with Crippen molar-refractivity contribution in [3.8, 4) is 0 Å². The molecule has 0 radical (unpaired) electrons. The summed E-state index contributed by atoms with van der Waals surface area (Å²) >= 11 is 12.2. The second-order valence-corrected chi connectivity index (χ2v) is 7.79. The summed E-state index contributed by atoms with van der Waals surface area (Å²) in [6.07, 6.45) is 0. The zero-order valence-electron chi connectivity index (χ0n) is 15.9. The van der Waals surface area contributed by atoms with Gasteiger partial charge in [-0.15, -0.1) is 0 Å². The van der Waals surface area contributed by atoms with Crippen LogP contribution in [0.4, 0.5) is 11.4 Å². The number of halogens is 2. The fourth-order valence-electron chi connectivity index (χ4n) is 3.43. The first-order valence-electron chi connectivity index (χ1n) is 9.18. The van der Waals surface area contributed by atoms with Crippen LogP contribution in [0.25, 0.3) is 0 Å². The van der Waals surface area contributed by atoms with E-state index >= 15 is 0 Å². The molecule has 144 valence electrons. The molecule has 1 aliphatic heterocycles. The van der Waals surface area contributed by atoms with Crippen LogP contribution in [0.1, 0.15) is 18.1 Å². The van der Waals surface area contributed by atoms with Gasteiger partial charge in [0.25, 0.3) is 0 Å². The van der Waals surface area contributed by atoms with Crippen LogP contribution in [0.5, 0.6) is 0 Å². The summed E-state index contributed by atoms with van der Waals surface area (Å²) in [5.74, 6) is -0.0700. The van der Waals surface area contributed by atoms with Gasteiger partial charge in [0, 0.05) is 31.9 Å². The lowest BCUT2D eigenvalue weighted by atomic mass is 10.1. The molecule has 1 aliphatic rings. The van der Waals surface area contributed by atoms with Crippen molar-refractivity contribution in [2.24, 2.45) is 0 Å². The van der Waals surface area contributed by atoms with E-state index in [9.17, 15) is 4.79 Å². The van der Waals surface area contributed by atoms with E-state index < -0.39 is 0 Å². The largest absolute Gasteiger partial charge is 0.369 e. The molecule has 1 N–H and O–H groups in total. The summed E-state index contributed by atoms with van der Waals surface area (Å²) in [5, 5.41) is 3.71. The van der Waals surface area contributed by atoms with Crippen LogP contribution in [0.2, 0.25) is 10.0 Å². The maximum atomic E-state index is 12.7. The molecule has 27 heavy (non-hydrogen) atoms. The molecule has 1 fully saturated rings. The van der Waals surface area contributed by atoms with E-state index in [1.807, 2.05) is 6.92 Å². The highest BCUT2D eigenvalue weighted by Gasteiger charge is 2.26. The van der Waals surface area contributed by atoms with Gasteiger partial charge in [-0.25, -0.2) is 0 Å². The predicted molar refractivity (Wildman–Crippen MR) is 114 cm³/mol. The Morgan fingerprint density at radius 2 is 1.70 bits per heavy atom. The molecule has 1 heterocycles. The summed E-state index contributed by atoms with van der Waals surface area (Å²) < 4.78 is 0. The molecular weight excluding hydrogens is 381 g/mol. The third-order valence-corrected chi connectivity index (χ3v) is 6.19. The fourth-order valence-corrected chi connectivity index (χ4v) is 3.78. The summed E-state index contributed by atoms with van der Waals surface area (Å²) in [4.78, 5) is 17.3. The van der Waals surface area contributed by atoms with Crippen molar-refractivity contribution < 1.29 is 4.79 Å². The highest BCUT2D eigenvalue weighted by atomic mass is 35.5. The Kier molecular flexibility index (Phi) is 6.30. The average Bonchev–Trinajstić information content (AvgIpc) is 2.67. The van der Waals surface area contributed by atoms with E-state index in [0.29, 0.717) is 15.7 Å². The van der Waals surface area contributed by atoms with Crippen LogP contribution < -0.4 is 10.2 Å². The number of piperazine rings is 1. The maximum Gasteiger partial charge on any atom is 0.241 e. The van der Waals surface area contributed by atoms with Crippen molar-refractivity contribution in [1.29, 1.82) is 0 Å². The minimum absolute atomic E-state index is 0.0700. The zero-order valence-corrected chi connectivity index (χ0v) is 17.4. The molecule has 3 rings (SSSR count). The molecule has 1 amide bonds. The van der Waals surface area contributed by atoms with E-state index in [4.69, 9.17) is 23.2 Å². The molecule has 1 saturated heterocycles. The molecular formula is C21H25Cl2N3O. The van der Waals surface area contributed by atoms with Crippen molar-refractivity contribution in [2.45, 2.75) is 26.8 Å². The van der Waals surface area contributed by atoms with Crippen molar-refractivity contribution in [1.82, 2.24) is 4.90 Å². The van der Waals surface area contributed by atoms with Crippen molar-refractivity contribution in [3.05, 3.63) is 57.6 Å². The Balaban J connectivity index is 1.61. The molecule has 4 nitrogen and oxygen atoms in total. The average molecular weight is 406 g/mol. The number of carbonyl (C=O) groups is 1. The van der Waals surface area contributed by atoms with Crippen LogP contribution in [0.15, 0.2) is 36.4 Å². The van der Waals surface area contributed by atoms with Gasteiger partial charge in [0.05, 0.1) is 21.8 Å². The number of aryl methyl sites for hydroxylation is 1. The van der Waals surface area contributed by atoms with E-state index in [1.165, 1.54) is 16.8 Å². The number of rotatable bonds is 4. The molecule has 0 saturated carbocycles. The fraction of sp³-hybridized carbons (Fsp3) is 0.381. The smallest absolute Gasteiger partial charge is 0.241 e. The Bertz CT molecular complexity index is 832. The first kappa shape index (κ1) is 20.0. The molecule has 1 unspecified atom stereocenters. The van der Waals surface area contributed by atoms with E-state index in [0.717, 1.165) is 26.2 Å². The molecule has 0 spiro atoms. The number of hydrogen-bond acceptors (Lipinski definition) is 3. The normalized spacial score (nSPS) is 16.3. The monoisotopic (exact) mass is 405 g/mol. The summed E-state index contributed by atoms with van der Waals surface area (Å²) in [6.45, 7) is 9.72. The van der Waals surface area contributed by atoms with Gasteiger partial charge in [-0.1, -0.05) is 41.4 Å². The molecule has 2 aromatic rings. The lowest BCUT2D eigenvalue weighted by Gasteiger charge is -2.39. The number of nitrogens with zero attached hydrogens (tertiary/aromatic N) is 2. The van der Waals surface area contributed by atoms with Gasteiger partial charge in [-0.3, -0.25) is 9.69 Å². The predicted octanol–water partition coefficient (Wildman–Crippen LogP) is 4.76. The Hall–Kier alpha value is -1.75. The number of benzene rings is 2. The Morgan fingerprint density at radius 3 is 2.41 bits per heavy atom. The first-order chi connectivity index (χ1) is 12.9. The Morgan fingerprint density at radius 1 is 1.04 bits per heavy atom. The second-order valence-electron chi connectivity index (χ2n) is 7.01. The van der Waals surface area contributed by atoms with E-state index in [-0.39, 0.29) is 11.9 Å². The van der Waals surface area contributed by atoms with Crippen molar-refractivity contribution in [2.75, 3.05) is 36.4 Å². The third-order valence-electron chi connectivity index (χ3n) is 5.37. The first-order valence-corrected chi connectivity index (χ1v) is 9.94. The molecule has 6 heteroatoms. The summed E-state index contributed by atoms with van der Waals surface area (Å²) in [7, 11) is 0. The number of nitrogens with one attached hydrogen (secondary N) is 1. The van der Waals surface area contributed by atoms with E-state index in [1.54, 1.807) is 18.2 Å². The van der Waals surface area contributed by atoms with Crippen LogP contribution >= 0.6 is 23.2 Å². The topological polar surface area (TPSA) is 35.6 Å². The van der Waals surface area contributed by atoms with Crippen molar-refractivity contribution >= 4 is 40.5 Å². The minimum Gasteiger partial charge on any atom is -0.369 e. The molecule has 0 aliphatic carbocycles. The van der Waals surface area contributed by atoms with Gasteiger partial charge in [0.2, 0.25) is 5.91 Å². The third kappa shape index (κ3) is 4.40. The van der Waals surface area contributed by atoms with E-state index in [2.05, 4.69) is 47.2 Å². The highest BCUT2D eigenvalue weighted by Crippen LogP contribution is 2.30. The van der Waals surface area contributed by atoms with Gasteiger partial charge in [0.15, 0.2) is 0 Å². The summed E-state index contributed by atoms with van der Waals surface area (Å²) in [5.41, 5.74) is 4.47. The number of anilines is 2. The van der Waals surface area contributed by atoms with Crippen LogP contribution in [-0.2, 0) is 4.79 Å². The van der Waals surface area contributed by atoms with Crippen molar-refractivity contribution in [3.63, 3.8) is 0 Å². The number of carbonyl (C=O) groups excluding carboxylic acids is 1. The standard InChI is InChI=1S/C21H25Cl2N3O/c1-14-6-4-9-19(15(14)2)26-12-10-25(11-13-26)16(3)21(27)24-18-8-5-7-17(22)20(18)23/h4-9,16H,10-13H2,1-3H3,(H,24,27). The van der Waals surface area contributed by atoms with Gasteiger partial charge >= 0.3 is 0 Å². The maximum absolute atomic E-state index is 12.7. The summed E-state index contributed by atoms with van der Waals surface area (Å²) in [6, 6.07) is 11.4. The molecule has 0 bridgehead atoms. The zero-order chi connectivity index (χ0) is 19.6. The second kappa shape index (κ2) is 8.51. The molecule has 1 atom stereocenters.